The van der Waals surface area contributed by atoms with Crippen molar-refractivity contribution in [2.24, 2.45) is 0 Å². The minimum absolute atomic E-state index is 0.332. The minimum atomic E-state index is -0.950. The van der Waals surface area contributed by atoms with Gasteiger partial charge in [-0.2, -0.15) is 0 Å². The molecule has 0 amide bonds. The topological polar surface area (TPSA) is 55.8 Å². The summed E-state index contributed by atoms with van der Waals surface area (Å²) >= 11 is 0. The van der Waals surface area contributed by atoms with Crippen LogP contribution in [0.15, 0.2) is 66.7 Å². The highest BCUT2D eigenvalue weighted by Crippen LogP contribution is 2.14. The highest BCUT2D eigenvalue weighted by atomic mass is 16.6. The van der Waals surface area contributed by atoms with Crippen molar-refractivity contribution >= 4 is 5.97 Å². The summed E-state index contributed by atoms with van der Waals surface area (Å²) in [5, 5.41) is 9.11. The van der Waals surface area contributed by atoms with E-state index in [4.69, 9.17) is 14.6 Å². The normalized spacial score (nSPS) is 11.6. The van der Waals surface area contributed by atoms with Crippen LogP contribution in [-0.4, -0.2) is 30.4 Å². The van der Waals surface area contributed by atoms with Gasteiger partial charge in [-0.25, -0.2) is 4.79 Å². The van der Waals surface area contributed by atoms with Gasteiger partial charge in [-0.05, 0) is 48.9 Å². The zero-order valence-corrected chi connectivity index (χ0v) is 14.7. The van der Waals surface area contributed by atoms with E-state index in [0.717, 1.165) is 16.9 Å². The highest BCUT2D eigenvalue weighted by Gasteiger charge is 2.17. The predicted octanol–water partition coefficient (Wildman–Crippen LogP) is 3.71. The zero-order valence-electron chi connectivity index (χ0n) is 14.7. The number of aliphatic carboxylic acids is 1. The van der Waals surface area contributed by atoms with Gasteiger partial charge in [0.2, 0.25) is 0 Å². The fourth-order valence-electron chi connectivity index (χ4n) is 2.25. The van der Waals surface area contributed by atoms with Crippen molar-refractivity contribution in [1.29, 1.82) is 0 Å². The van der Waals surface area contributed by atoms with Crippen molar-refractivity contribution in [2.75, 3.05) is 13.2 Å². The Morgan fingerprint density at radius 2 is 1.92 bits per heavy atom. The minimum Gasteiger partial charge on any atom is -0.490 e. The van der Waals surface area contributed by atoms with Gasteiger partial charge in [0.1, 0.15) is 12.4 Å². The molecule has 0 saturated carbocycles. The van der Waals surface area contributed by atoms with Gasteiger partial charge in [0.05, 0.1) is 0 Å². The molecule has 134 valence electrons. The first kappa shape index (κ1) is 19.3. The summed E-state index contributed by atoms with van der Waals surface area (Å²) in [4.78, 5) is 11.1. The fourth-order valence-corrected chi connectivity index (χ4v) is 2.25. The number of carboxylic acid groups (broad SMARTS) is 1. The van der Waals surface area contributed by atoms with Crippen molar-refractivity contribution in [1.82, 2.24) is 0 Å². The van der Waals surface area contributed by atoms with Gasteiger partial charge < -0.3 is 14.6 Å². The molecule has 1 atom stereocenters. The van der Waals surface area contributed by atoms with Crippen LogP contribution in [0, 0.1) is 11.8 Å². The molecule has 2 aromatic rings. The molecule has 0 aliphatic carbocycles. The Labute approximate surface area is 154 Å². The predicted molar refractivity (Wildman–Crippen MR) is 101 cm³/mol. The Balaban J connectivity index is 1.79. The average Bonchev–Trinajstić information content (AvgIpc) is 2.66. The van der Waals surface area contributed by atoms with Crippen LogP contribution in [-0.2, 0) is 16.0 Å². The molecule has 0 heterocycles. The van der Waals surface area contributed by atoms with Crippen LogP contribution in [0.1, 0.15) is 18.1 Å². The molecule has 0 unspecified atom stereocenters. The summed E-state index contributed by atoms with van der Waals surface area (Å²) in [5.41, 5.74) is 1.86. The largest absolute Gasteiger partial charge is 0.490 e. The van der Waals surface area contributed by atoms with Crippen LogP contribution in [0.2, 0.25) is 0 Å². The third-order valence-corrected chi connectivity index (χ3v) is 3.53. The molecule has 2 aromatic carbocycles. The SMILES string of the molecule is CCO[C@@H](Cc1ccc(O[14CH2]/C=C/C#Cc2ccccc2)cc1)C(=O)O. The molecular weight excluding hydrogens is 330 g/mol. The van der Waals surface area contributed by atoms with Crippen LogP contribution in [0.3, 0.4) is 0 Å². The maximum absolute atomic E-state index is 11.1. The fraction of sp³-hybridized carbons (Fsp3) is 0.227. The molecule has 0 radical (unpaired) electrons. The second-order valence-electron chi connectivity index (χ2n) is 5.48. The molecule has 4 nitrogen and oxygen atoms in total. The monoisotopic (exact) mass is 352 g/mol. The maximum atomic E-state index is 11.1. The summed E-state index contributed by atoms with van der Waals surface area (Å²) in [6.45, 7) is 2.57. The molecule has 0 aliphatic heterocycles. The number of carbonyl (C=O) groups is 1. The van der Waals surface area contributed by atoms with E-state index in [1.165, 1.54) is 0 Å². The summed E-state index contributed by atoms with van der Waals surface area (Å²) < 4.78 is 10.8. The summed E-state index contributed by atoms with van der Waals surface area (Å²) in [7, 11) is 0. The highest BCUT2D eigenvalue weighted by molar-refractivity contribution is 5.72. The first-order valence-corrected chi connectivity index (χ1v) is 8.46. The standard InChI is InChI=1S/C22H22O4/c1-2-25-21(22(23)24)17-19-12-14-20(15-13-19)26-16-8-4-7-11-18-9-5-3-6-10-18/h3-6,8-10,12-15,21H,2,16-17H2,1H3,(H,23,24)/b8-4+/t21-/m0/s1/i16+2. The first-order chi connectivity index (χ1) is 12.7. The van der Waals surface area contributed by atoms with Gasteiger partial charge in [-0.15, -0.1) is 0 Å². The smallest absolute Gasteiger partial charge is 0.333 e. The van der Waals surface area contributed by atoms with Gasteiger partial charge in [0, 0.05) is 18.6 Å². The number of benzene rings is 2. The van der Waals surface area contributed by atoms with Crippen molar-refractivity contribution in [3.05, 3.63) is 77.9 Å². The summed E-state index contributed by atoms with van der Waals surface area (Å²) in [6, 6.07) is 17.1. The van der Waals surface area contributed by atoms with Crippen molar-refractivity contribution < 1.29 is 19.4 Å². The number of allylic oxidation sites excluding steroid dienone is 1. The molecule has 0 saturated heterocycles. The average molecular weight is 352 g/mol. The Bertz CT molecular complexity index is 767. The Hall–Kier alpha value is -3.03. The molecule has 2 rings (SSSR count). The molecule has 0 fully saturated rings. The third kappa shape index (κ3) is 6.84. The molecule has 0 bridgehead atoms. The Kier molecular flexibility index (Phi) is 7.98. The van der Waals surface area contributed by atoms with E-state index in [0.29, 0.717) is 19.6 Å². The number of hydrogen-bond acceptors (Lipinski definition) is 3. The van der Waals surface area contributed by atoms with E-state index < -0.39 is 12.1 Å². The number of carboxylic acids is 1. The third-order valence-electron chi connectivity index (χ3n) is 3.53. The Morgan fingerprint density at radius 3 is 2.58 bits per heavy atom. The molecule has 0 aliphatic rings. The Morgan fingerprint density at radius 1 is 1.19 bits per heavy atom. The second kappa shape index (κ2) is 10.8. The first-order valence-electron chi connectivity index (χ1n) is 8.46. The van der Waals surface area contributed by atoms with Crippen LogP contribution in [0.25, 0.3) is 0 Å². The van der Waals surface area contributed by atoms with Crippen LogP contribution >= 0.6 is 0 Å². The van der Waals surface area contributed by atoms with Gasteiger partial charge in [0.25, 0.3) is 0 Å². The molecule has 0 spiro atoms. The second-order valence-corrected chi connectivity index (χ2v) is 5.48. The lowest BCUT2D eigenvalue weighted by Crippen LogP contribution is -2.26. The van der Waals surface area contributed by atoms with E-state index in [9.17, 15) is 4.79 Å². The molecule has 0 aromatic heterocycles. The lowest BCUT2D eigenvalue weighted by Gasteiger charge is -2.12. The van der Waals surface area contributed by atoms with E-state index in [2.05, 4.69) is 11.8 Å². The van der Waals surface area contributed by atoms with Crippen molar-refractivity contribution in [2.45, 2.75) is 19.4 Å². The van der Waals surface area contributed by atoms with E-state index in [-0.39, 0.29) is 0 Å². The summed E-state index contributed by atoms with van der Waals surface area (Å²) in [5.74, 6) is 5.77. The maximum Gasteiger partial charge on any atom is 0.333 e. The van der Waals surface area contributed by atoms with Gasteiger partial charge >= 0.3 is 5.97 Å². The molecule has 1 N–H and O–H groups in total. The quantitative estimate of drug-likeness (QED) is 0.736. The number of rotatable bonds is 8. The molecule has 26 heavy (non-hydrogen) atoms. The van der Waals surface area contributed by atoms with E-state index in [1.54, 1.807) is 13.0 Å². The molecular formula is C22H22O4. The van der Waals surface area contributed by atoms with E-state index in [1.807, 2.05) is 60.7 Å². The zero-order chi connectivity index (χ0) is 18.6. The molecule has 4 heteroatoms. The number of ether oxygens (including phenoxy) is 2. The van der Waals surface area contributed by atoms with Crippen LogP contribution in [0.5, 0.6) is 5.75 Å². The number of hydrogen-bond donors (Lipinski definition) is 1. The van der Waals surface area contributed by atoms with Crippen molar-refractivity contribution in [3.63, 3.8) is 0 Å². The van der Waals surface area contributed by atoms with Gasteiger partial charge in [-0.3, -0.25) is 0 Å². The van der Waals surface area contributed by atoms with Gasteiger partial charge in [0.15, 0.2) is 6.10 Å². The van der Waals surface area contributed by atoms with Gasteiger partial charge in [-0.1, -0.05) is 42.2 Å². The summed E-state index contributed by atoms with van der Waals surface area (Å²) in [6.07, 6.45) is 3.12. The van der Waals surface area contributed by atoms with E-state index >= 15 is 0 Å². The van der Waals surface area contributed by atoms with Crippen LogP contribution < -0.4 is 4.74 Å². The van der Waals surface area contributed by atoms with Crippen molar-refractivity contribution in [3.8, 4) is 17.6 Å². The van der Waals surface area contributed by atoms with Crippen LogP contribution in [0.4, 0.5) is 0 Å². The lowest BCUT2D eigenvalue weighted by molar-refractivity contribution is -0.149. The lowest BCUT2D eigenvalue weighted by atomic mass is 10.1.